The smallest absolute Gasteiger partial charge is 0.0103 e. The number of rotatable bonds is 13. The molecule has 0 aromatic heterocycles. The van der Waals surface area contributed by atoms with Gasteiger partial charge in [0.2, 0.25) is 0 Å². The molecular formula is C17H38Si. The SMILES string of the molecule is CCCCCCCCCC(C)([SiH3])CCCCCC. The lowest BCUT2D eigenvalue weighted by atomic mass is 9.95. The maximum absolute atomic E-state index is 2.53. The molecule has 1 atom stereocenters. The molecule has 0 bridgehead atoms. The maximum Gasteiger partial charge on any atom is 0.0103 e. The predicted molar refractivity (Wildman–Crippen MR) is 89.7 cm³/mol. The fourth-order valence-corrected chi connectivity index (χ4v) is 3.42. The van der Waals surface area contributed by atoms with Crippen molar-refractivity contribution in [3.63, 3.8) is 0 Å². The lowest BCUT2D eigenvalue weighted by molar-refractivity contribution is 0.452. The van der Waals surface area contributed by atoms with Gasteiger partial charge in [-0.15, -0.1) is 0 Å². The largest absolute Gasteiger partial charge is 0.0654 e. The van der Waals surface area contributed by atoms with Crippen LogP contribution in [-0.2, 0) is 0 Å². The third-order valence-electron chi connectivity index (χ3n) is 4.16. The van der Waals surface area contributed by atoms with E-state index >= 15 is 0 Å². The Kier molecular flexibility index (Phi) is 12.4. The molecule has 0 aromatic carbocycles. The molecule has 0 amide bonds. The van der Waals surface area contributed by atoms with Gasteiger partial charge >= 0.3 is 0 Å². The molecule has 0 aromatic rings. The average molecular weight is 271 g/mol. The first-order valence-electron chi connectivity index (χ1n) is 8.62. The van der Waals surface area contributed by atoms with Gasteiger partial charge in [0.15, 0.2) is 0 Å². The van der Waals surface area contributed by atoms with Gasteiger partial charge in [0, 0.05) is 10.2 Å². The summed E-state index contributed by atoms with van der Waals surface area (Å²) < 4.78 is 0. The molecule has 0 aliphatic carbocycles. The van der Waals surface area contributed by atoms with Crippen LogP contribution in [0.25, 0.3) is 0 Å². The standard InChI is InChI=1S/C17H38Si/c1-4-6-8-10-11-12-14-16-17(3,18)15-13-9-7-5-2/h4-16H2,1-3,18H3. The fourth-order valence-electron chi connectivity index (χ4n) is 2.72. The summed E-state index contributed by atoms with van der Waals surface area (Å²) in [6, 6.07) is 0. The summed E-state index contributed by atoms with van der Waals surface area (Å²) in [6.07, 6.45) is 18.9. The second-order valence-corrected chi connectivity index (χ2v) is 9.26. The molecule has 0 saturated carbocycles. The van der Waals surface area contributed by atoms with Crippen LogP contribution in [0.5, 0.6) is 0 Å². The Balaban J connectivity index is 3.34. The molecule has 0 heterocycles. The molecular weight excluding hydrogens is 232 g/mol. The quantitative estimate of drug-likeness (QED) is 0.300. The molecule has 0 aliphatic rings. The van der Waals surface area contributed by atoms with Crippen molar-refractivity contribution in [1.29, 1.82) is 0 Å². The van der Waals surface area contributed by atoms with Crippen molar-refractivity contribution >= 4 is 10.2 Å². The summed E-state index contributed by atoms with van der Waals surface area (Å²) in [5.74, 6) is 0. The Bertz CT molecular complexity index is 163. The highest BCUT2D eigenvalue weighted by Crippen LogP contribution is 2.34. The Hall–Kier alpha value is 0.217. The Morgan fingerprint density at radius 2 is 0.944 bits per heavy atom. The van der Waals surface area contributed by atoms with Crippen LogP contribution in [0.4, 0.5) is 0 Å². The Morgan fingerprint density at radius 3 is 1.39 bits per heavy atom. The minimum absolute atomic E-state index is 0.733. The van der Waals surface area contributed by atoms with Gasteiger partial charge < -0.3 is 0 Å². The molecule has 1 unspecified atom stereocenters. The van der Waals surface area contributed by atoms with Crippen LogP contribution in [0.15, 0.2) is 0 Å². The molecule has 0 nitrogen and oxygen atoms in total. The first kappa shape index (κ1) is 18.2. The first-order chi connectivity index (χ1) is 8.62. The topological polar surface area (TPSA) is 0 Å². The van der Waals surface area contributed by atoms with Crippen molar-refractivity contribution in [2.45, 2.75) is 109 Å². The van der Waals surface area contributed by atoms with Crippen molar-refractivity contribution < 1.29 is 0 Å². The summed E-state index contributed by atoms with van der Waals surface area (Å²) >= 11 is 0. The van der Waals surface area contributed by atoms with Gasteiger partial charge in [0.1, 0.15) is 0 Å². The highest BCUT2D eigenvalue weighted by molar-refractivity contribution is 6.14. The van der Waals surface area contributed by atoms with E-state index in [2.05, 4.69) is 20.8 Å². The van der Waals surface area contributed by atoms with E-state index < -0.39 is 0 Å². The highest BCUT2D eigenvalue weighted by atomic mass is 28.1. The van der Waals surface area contributed by atoms with Gasteiger partial charge in [-0.3, -0.25) is 0 Å². The van der Waals surface area contributed by atoms with Crippen LogP contribution in [0, 0.1) is 0 Å². The van der Waals surface area contributed by atoms with Crippen LogP contribution in [0.2, 0.25) is 5.04 Å². The van der Waals surface area contributed by atoms with E-state index in [1.165, 1.54) is 93.7 Å². The normalized spacial score (nSPS) is 14.8. The fraction of sp³-hybridized carbons (Fsp3) is 1.00. The molecule has 18 heavy (non-hydrogen) atoms. The van der Waals surface area contributed by atoms with Crippen LogP contribution in [0.3, 0.4) is 0 Å². The van der Waals surface area contributed by atoms with Crippen LogP contribution in [-0.4, -0.2) is 10.2 Å². The summed E-state index contributed by atoms with van der Waals surface area (Å²) in [6.45, 7) is 7.13. The van der Waals surface area contributed by atoms with Crippen molar-refractivity contribution in [2.24, 2.45) is 0 Å². The van der Waals surface area contributed by atoms with E-state index in [1.54, 1.807) is 0 Å². The van der Waals surface area contributed by atoms with E-state index in [4.69, 9.17) is 0 Å². The van der Waals surface area contributed by atoms with Crippen LogP contribution in [0.1, 0.15) is 104 Å². The molecule has 0 fully saturated rings. The molecule has 1 heteroatoms. The van der Waals surface area contributed by atoms with Crippen LogP contribution >= 0.6 is 0 Å². The van der Waals surface area contributed by atoms with E-state index in [1.807, 2.05) is 0 Å². The van der Waals surface area contributed by atoms with Gasteiger partial charge in [-0.2, -0.15) is 0 Å². The van der Waals surface area contributed by atoms with E-state index in [9.17, 15) is 0 Å². The van der Waals surface area contributed by atoms with Gasteiger partial charge in [0.25, 0.3) is 0 Å². The molecule has 110 valence electrons. The molecule has 0 rings (SSSR count). The Labute approximate surface area is 120 Å². The highest BCUT2D eigenvalue weighted by Gasteiger charge is 2.16. The van der Waals surface area contributed by atoms with Gasteiger partial charge in [-0.1, -0.05) is 104 Å². The molecule has 0 radical (unpaired) electrons. The van der Waals surface area contributed by atoms with E-state index in [0.717, 1.165) is 5.04 Å². The van der Waals surface area contributed by atoms with Gasteiger partial charge in [-0.05, 0) is 5.04 Å². The molecule has 0 N–H and O–H groups in total. The number of hydrogen-bond donors (Lipinski definition) is 0. The van der Waals surface area contributed by atoms with Gasteiger partial charge in [-0.25, -0.2) is 0 Å². The minimum Gasteiger partial charge on any atom is -0.0654 e. The summed E-state index contributed by atoms with van der Waals surface area (Å²) in [5.41, 5.74) is 0. The zero-order chi connectivity index (χ0) is 13.7. The number of hydrogen-bond acceptors (Lipinski definition) is 0. The molecule has 0 saturated heterocycles. The van der Waals surface area contributed by atoms with Crippen molar-refractivity contribution in [1.82, 2.24) is 0 Å². The van der Waals surface area contributed by atoms with Crippen molar-refractivity contribution in [2.75, 3.05) is 0 Å². The lowest BCUT2D eigenvalue weighted by Gasteiger charge is -2.24. The Morgan fingerprint density at radius 1 is 0.611 bits per heavy atom. The second-order valence-electron chi connectivity index (χ2n) is 6.85. The van der Waals surface area contributed by atoms with Gasteiger partial charge in [0.05, 0.1) is 0 Å². The average Bonchev–Trinajstić information content (AvgIpc) is 2.34. The van der Waals surface area contributed by atoms with E-state index in [-0.39, 0.29) is 0 Å². The van der Waals surface area contributed by atoms with E-state index in [0.29, 0.717) is 0 Å². The summed E-state index contributed by atoms with van der Waals surface area (Å²) in [5, 5.41) is 0.733. The third kappa shape index (κ3) is 12.7. The first-order valence-corrected chi connectivity index (χ1v) is 9.62. The third-order valence-corrected chi connectivity index (χ3v) is 5.16. The van der Waals surface area contributed by atoms with Crippen molar-refractivity contribution in [3.8, 4) is 0 Å². The monoisotopic (exact) mass is 270 g/mol. The summed E-state index contributed by atoms with van der Waals surface area (Å²) in [4.78, 5) is 0. The molecule has 0 spiro atoms. The predicted octanol–water partition coefficient (Wildman–Crippen LogP) is 5.64. The second kappa shape index (κ2) is 12.3. The zero-order valence-electron chi connectivity index (χ0n) is 13.7. The zero-order valence-corrected chi connectivity index (χ0v) is 15.7. The molecule has 0 aliphatic heterocycles. The minimum atomic E-state index is 0.733. The van der Waals surface area contributed by atoms with Crippen LogP contribution < -0.4 is 0 Å². The maximum atomic E-state index is 2.53. The summed E-state index contributed by atoms with van der Waals surface area (Å²) in [7, 11) is 1.39. The number of unbranched alkanes of at least 4 members (excludes halogenated alkanes) is 9. The lowest BCUT2D eigenvalue weighted by Crippen LogP contribution is -2.08. The van der Waals surface area contributed by atoms with Crippen molar-refractivity contribution in [3.05, 3.63) is 0 Å².